The van der Waals surface area contributed by atoms with E-state index < -0.39 is 0 Å². The van der Waals surface area contributed by atoms with E-state index in [4.69, 9.17) is 4.98 Å². The zero-order valence-corrected chi connectivity index (χ0v) is 16.3. The van der Waals surface area contributed by atoms with Crippen LogP contribution >= 0.6 is 23.1 Å². The van der Waals surface area contributed by atoms with Gasteiger partial charge in [-0.2, -0.15) is 0 Å². The maximum atomic E-state index is 13.2. The van der Waals surface area contributed by atoms with E-state index in [1.807, 2.05) is 22.8 Å². The molecule has 2 heterocycles. The van der Waals surface area contributed by atoms with Gasteiger partial charge in [-0.1, -0.05) is 42.1 Å². The lowest BCUT2D eigenvalue weighted by Crippen LogP contribution is -2.00. The summed E-state index contributed by atoms with van der Waals surface area (Å²) < 4.78 is 15.2. The zero-order chi connectivity index (χ0) is 18.6. The molecule has 0 saturated carbocycles. The van der Waals surface area contributed by atoms with Crippen molar-refractivity contribution in [3.05, 3.63) is 71.5 Å². The first-order valence-corrected chi connectivity index (χ1v) is 10.4. The summed E-state index contributed by atoms with van der Waals surface area (Å²) in [5, 5.41) is 12.6. The SMILES string of the molecule is CCn1c(SCc2csc(-c3ccccc3)n2)nnc1-c1ccc(F)cc1. The Morgan fingerprint density at radius 1 is 1.00 bits per heavy atom. The predicted octanol–water partition coefficient (Wildman–Crippen LogP) is 5.52. The molecule has 27 heavy (non-hydrogen) atoms. The van der Waals surface area contributed by atoms with Crippen LogP contribution in [-0.2, 0) is 12.3 Å². The standard InChI is InChI=1S/C20H17FN4S2/c1-2-25-18(14-8-10-16(21)11-9-14)23-24-20(25)27-13-17-12-26-19(22-17)15-6-4-3-5-7-15/h3-12H,2,13H2,1H3. The van der Waals surface area contributed by atoms with Crippen LogP contribution in [0.4, 0.5) is 4.39 Å². The van der Waals surface area contributed by atoms with Gasteiger partial charge in [-0.25, -0.2) is 9.37 Å². The van der Waals surface area contributed by atoms with Crippen molar-refractivity contribution in [3.8, 4) is 22.0 Å². The summed E-state index contributed by atoms with van der Waals surface area (Å²) in [7, 11) is 0. The maximum Gasteiger partial charge on any atom is 0.191 e. The molecule has 4 nitrogen and oxygen atoms in total. The van der Waals surface area contributed by atoms with Gasteiger partial charge in [-0.3, -0.25) is 0 Å². The normalized spacial score (nSPS) is 11.0. The fourth-order valence-electron chi connectivity index (χ4n) is 2.72. The number of hydrogen-bond acceptors (Lipinski definition) is 5. The van der Waals surface area contributed by atoms with Crippen LogP contribution in [0.3, 0.4) is 0 Å². The van der Waals surface area contributed by atoms with E-state index in [9.17, 15) is 4.39 Å². The van der Waals surface area contributed by atoms with Crippen molar-refractivity contribution in [2.24, 2.45) is 0 Å². The number of benzene rings is 2. The van der Waals surface area contributed by atoms with Gasteiger partial charge in [0.15, 0.2) is 11.0 Å². The lowest BCUT2D eigenvalue weighted by Gasteiger charge is -2.06. The molecule has 0 aliphatic heterocycles. The van der Waals surface area contributed by atoms with Crippen molar-refractivity contribution in [1.29, 1.82) is 0 Å². The topological polar surface area (TPSA) is 43.6 Å². The van der Waals surface area contributed by atoms with Crippen LogP contribution in [0.15, 0.2) is 65.1 Å². The highest BCUT2D eigenvalue weighted by Gasteiger charge is 2.14. The Labute approximate surface area is 165 Å². The van der Waals surface area contributed by atoms with Gasteiger partial charge in [-0.05, 0) is 31.2 Å². The molecule has 0 saturated heterocycles. The van der Waals surface area contributed by atoms with E-state index in [2.05, 4.69) is 34.6 Å². The predicted molar refractivity (Wildman–Crippen MR) is 108 cm³/mol. The molecule has 0 aliphatic rings. The van der Waals surface area contributed by atoms with Crippen molar-refractivity contribution in [2.45, 2.75) is 24.4 Å². The van der Waals surface area contributed by atoms with Gasteiger partial charge in [0.2, 0.25) is 0 Å². The van der Waals surface area contributed by atoms with E-state index in [1.54, 1.807) is 35.2 Å². The summed E-state index contributed by atoms with van der Waals surface area (Å²) in [6.07, 6.45) is 0. The van der Waals surface area contributed by atoms with Gasteiger partial charge in [0, 0.05) is 28.8 Å². The van der Waals surface area contributed by atoms with E-state index in [0.29, 0.717) is 0 Å². The third-order valence-electron chi connectivity index (χ3n) is 4.06. The Morgan fingerprint density at radius 2 is 1.78 bits per heavy atom. The second kappa shape index (κ2) is 8.02. The van der Waals surface area contributed by atoms with E-state index >= 15 is 0 Å². The molecule has 0 atom stereocenters. The summed E-state index contributed by atoms with van der Waals surface area (Å²) in [5.74, 6) is 1.22. The van der Waals surface area contributed by atoms with Crippen LogP contribution in [0.25, 0.3) is 22.0 Å². The molecule has 0 N–H and O–H groups in total. The van der Waals surface area contributed by atoms with E-state index in [-0.39, 0.29) is 5.82 Å². The van der Waals surface area contributed by atoms with Gasteiger partial charge in [0.05, 0.1) is 5.69 Å². The molecule has 2 aromatic heterocycles. The third-order valence-corrected chi connectivity index (χ3v) is 6.00. The quantitative estimate of drug-likeness (QED) is 0.403. The minimum Gasteiger partial charge on any atom is -0.302 e. The summed E-state index contributed by atoms with van der Waals surface area (Å²) in [6.45, 7) is 2.80. The minimum absolute atomic E-state index is 0.256. The zero-order valence-electron chi connectivity index (χ0n) is 14.7. The average Bonchev–Trinajstić information content (AvgIpc) is 3.34. The molecule has 0 amide bonds. The molecule has 0 bridgehead atoms. The first-order valence-electron chi connectivity index (χ1n) is 8.56. The maximum absolute atomic E-state index is 13.2. The first-order chi connectivity index (χ1) is 13.2. The summed E-state index contributed by atoms with van der Waals surface area (Å²) >= 11 is 3.26. The minimum atomic E-state index is -0.256. The van der Waals surface area contributed by atoms with Gasteiger partial charge in [-0.15, -0.1) is 21.5 Å². The Balaban J connectivity index is 1.50. The van der Waals surface area contributed by atoms with Crippen molar-refractivity contribution < 1.29 is 4.39 Å². The van der Waals surface area contributed by atoms with Crippen LogP contribution in [0.1, 0.15) is 12.6 Å². The van der Waals surface area contributed by atoms with E-state index in [1.165, 1.54) is 12.1 Å². The molecule has 0 unspecified atom stereocenters. The van der Waals surface area contributed by atoms with Crippen LogP contribution in [0, 0.1) is 5.82 Å². The molecule has 4 rings (SSSR count). The fraction of sp³-hybridized carbons (Fsp3) is 0.150. The van der Waals surface area contributed by atoms with Crippen molar-refractivity contribution in [1.82, 2.24) is 19.7 Å². The lowest BCUT2D eigenvalue weighted by molar-refractivity contribution is 0.627. The molecule has 0 radical (unpaired) electrons. The fourth-order valence-corrected chi connectivity index (χ4v) is 4.54. The molecule has 0 aliphatic carbocycles. The van der Waals surface area contributed by atoms with Gasteiger partial charge >= 0.3 is 0 Å². The van der Waals surface area contributed by atoms with Gasteiger partial charge in [0.25, 0.3) is 0 Å². The van der Waals surface area contributed by atoms with Crippen molar-refractivity contribution in [3.63, 3.8) is 0 Å². The van der Waals surface area contributed by atoms with Crippen molar-refractivity contribution in [2.75, 3.05) is 0 Å². The largest absolute Gasteiger partial charge is 0.302 e. The highest BCUT2D eigenvalue weighted by atomic mass is 32.2. The molecule has 7 heteroatoms. The molecule has 4 aromatic rings. The Morgan fingerprint density at radius 3 is 2.52 bits per heavy atom. The number of aromatic nitrogens is 4. The smallest absolute Gasteiger partial charge is 0.191 e. The molecular formula is C20H17FN4S2. The monoisotopic (exact) mass is 396 g/mol. The Hall–Kier alpha value is -2.51. The molecule has 136 valence electrons. The number of hydrogen-bond donors (Lipinski definition) is 0. The Bertz CT molecular complexity index is 1030. The van der Waals surface area contributed by atoms with Gasteiger partial charge in [0.1, 0.15) is 10.8 Å². The summed E-state index contributed by atoms with van der Waals surface area (Å²) in [4.78, 5) is 4.72. The van der Waals surface area contributed by atoms with Crippen LogP contribution in [0.5, 0.6) is 0 Å². The molecule has 2 aromatic carbocycles. The van der Waals surface area contributed by atoms with E-state index in [0.717, 1.165) is 45.1 Å². The highest BCUT2D eigenvalue weighted by molar-refractivity contribution is 7.98. The second-order valence-corrected chi connectivity index (χ2v) is 7.66. The lowest BCUT2D eigenvalue weighted by atomic mass is 10.2. The number of thiazole rings is 1. The second-order valence-electron chi connectivity index (χ2n) is 5.86. The van der Waals surface area contributed by atoms with Crippen LogP contribution < -0.4 is 0 Å². The summed E-state index contributed by atoms with van der Waals surface area (Å²) in [5.41, 5.74) is 3.02. The number of nitrogens with zero attached hydrogens (tertiary/aromatic N) is 4. The number of rotatable bonds is 6. The van der Waals surface area contributed by atoms with Gasteiger partial charge < -0.3 is 4.57 Å². The first kappa shape index (κ1) is 17.9. The third kappa shape index (κ3) is 3.94. The molecule has 0 fully saturated rings. The number of thioether (sulfide) groups is 1. The average molecular weight is 397 g/mol. The number of halogens is 1. The summed E-state index contributed by atoms with van der Waals surface area (Å²) in [6, 6.07) is 16.5. The van der Waals surface area contributed by atoms with Crippen LogP contribution in [0.2, 0.25) is 0 Å². The molecule has 0 spiro atoms. The van der Waals surface area contributed by atoms with Crippen LogP contribution in [-0.4, -0.2) is 19.7 Å². The molecular weight excluding hydrogens is 379 g/mol. The Kier molecular flexibility index (Phi) is 5.31. The van der Waals surface area contributed by atoms with Crippen molar-refractivity contribution >= 4 is 23.1 Å². The highest BCUT2D eigenvalue weighted by Crippen LogP contribution is 2.29.